The zero-order chi connectivity index (χ0) is 14.0. The third-order valence-electron chi connectivity index (χ3n) is 2.63. The Morgan fingerprint density at radius 1 is 1.37 bits per heavy atom. The molecule has 0 aliphatic rings. The lowest BCUT2D eigenvalue weighted by Crippen LogP contribution is -2.23. The van der Waals surface area contributed by atoms with E-state index in [9.17, 15) is 14.0 Å². The number of nitrogens with zero attached hydrogens (tertiary/aromatic N) is 2. The molecule has 0 saturated heterocycles. The van der Waals surface area contributed by atoms with Gasteiger partial charge in [-0.25, -0.2) is 13.9 Å². The molecule has 6 heteroatoms. The maximum Gasteiger partial charge on any atom is 0.338 e. The Morgan fingerprint density at radius 2 is 2.11 bits per heavy atom. The highest BCUT2D eigenvalue weighted by atomic mass is 19.1. The molecule has 0 amide bonds. The Hall–Kier alpha value is -2.50. The summed E-state index contributed by atoms with van der Waals surface area (Å²) >= 11 is 0. The van der Waals surface area contributed by atoms with Gasteiger partial charge in [0.2, 0.25) is 0 Å². The normalized spacial score (nSPS) is 10.4. The van der Waals surface area contributed by atoms with Crippen molar-refractivity contribution in [1.29, 1.82) is 0 Å². The number of hydrogen-bond donors (Lipinski definition) is 1. The van der Waals surface area contributed by atoms with E-state index < -0.39 is 17.3 Å². The maximum absolute atomic E-state index is 13.9. The number of rotatable bonds is 3. The summed E-state index contributed by atoms with van der Waals surface area (Å²) in [6.45, 7) is 1.60. The predicted octanol–water partition coefficient (Wildman–Crippen LogP) is 1.44. The number of aromatic nitrogens is 2. The van der Waals surface area contributed by atoms with Crippen LogP contribution in [0.2, 0.25) is 0 Å². The molecular formula is C13H11FN2O3. The smallest absolute Gasteiger partial charge is 0.338 e. The average Bonchev–Trinajstić information content (AvgIpc) is 2.36. The summed E-state index contributed by atoms with van der Waals surface area (Å²) in [6, 6.07) is 6.93. The second kappa shape index (κ2) is 5.01. The van der Waals surface area contributed by atoms with Gasteiger partial charge in [-0.2, -0.15) is 5.10 Å². The largest absolute Gasteiger partial charge is 0.478 e. The number of benzene rings is 1. The molecule has 1 aromatic carbocycles. The SMILES string of the molecule is Cc1ccc(=O)n(Cc2cccc(C(=O)O)c2F)n1. The van der Waals surface area contributed by atoms with E-state index in [0.717, 1.165) is 4.68 Å². The zero-order valence-electron chi connectivity index (χ0n) is 10.1. The highest BCUT2D eigenvalue weighted by molar-refractivity contribution is 5.88. The van der Waals surface area contributed by atoms with Crippen LogP contribution >= 0.6 is 0 Å². The molecule has 2 aromatic rings. The van der Waals surface area contributed by atoms with Crippen LogP contribution in [0, 0.1) is 12.7 Å². The van der Waals surface area contributed by atoms with E-state index >= 15 is 0 Å². The highest BCUT2D eigenvalue weighted by Gasteiger charge is 2.14. The molecule has 5 nitrogen and oxygen atoms in total. The average molecular weight is 262 g/mol. The molecule has 0 bridgehead atoms. The summed E-state index contributed by atoms with van der Waals surface area (Å²) in [5.74, 6) is -2.19. The Bertz CT molecular complexity index is 695. The number of carbonyl (C=O) groups is 1. The van der Waals surface area contributed by atoms with Gasteiger partial charge in [0.15, 0.2) is 0 Å². The number of aromatic carboxylic acids is 1. The summed E-state index contributed by atoms with van der Waals surface area (Å²) in [5, 5.41) is 12.8. The van der Waals surface area contributed by atoms with Crippen LogP contribution in [0.25, 0.3) is 0 Å². The minimum atomic E-state index is -1.34. The monoisotopic (exact) mass is 262 g/mol. The third kappa shape index (κ3) is 2.67. The lowest BCUT2D eigenvalue weighted by atomic mass is 10.1. The molecule has 1 heterocycles. The fourth-order valence-corrected chi connectivity index (χ4v) is 1.69. The van der Waals surface area contributed by atoms with Gasteiger partial charge in [0.1, 0.15) is 5.82 Å². The van der Waals surface area contributed by atoms with Gasteiger partial charge in [0.25, 0.3) is 5.56 Å². The number of hydrogen-bond acceptors (Lipinski definition) is 3. The van der Waals surface area contributed by atoms with Gasteiger partial charge in [-0.15, -0.1) is 0 Å². The first-order valence-corrected chi connectivity index (χ1v) is 5.54. The molecule has 0 aliphatic heterocycles. The van der Waals surface area contributed by atoms with Gasteiger partial charge < -0.3 is 5.11 Å². The molecule has 0 fully saturated rings. The van der Waals surface area contributed by atoms with Crippen LogP contribution in [0.15, 0.2) is 35.1 Å². The van der Waals surface area contributed by atoms with Gasteiger partial charge in [-0.1, -0.05) is 12.1 Å². The lowest BCUT2D eigenvalue weighted by molar-refractivity contribution is 0.0691. The summed E-state index contributed by atoms with van der Waals surface area (Å²) in [7, 11) is 0. The first-order valence-electron chi connectivity index (χ1n) is 5.54. The first kappa shape index (κ1) is 12.9. The van der Waals surface area contributed by atoms with Crippen LogP contribution in [0.5, 0.6) is 0 Å². The van der Waals surface area contributed by atoms with E-state index in [2.05, 4.69) is 5.10 Å². The number of halogens is 1. The summed E-state index contributed by atoms with van der Waals surface area (Å²) in [6.07, 6.45) is 0. The number of carboxylic acid groups (broad SMARTS) is 1. The van der Waals surface area contributed by atoms with Crippen LogP contribution < -0.4 is 5.56 Å². The highest BCUT2D eigenvalue weighted by Crippen LogP contribution is 2.13. The Kier molecular flexibility index (Phi) is 3.41. The van der Waals surface area contributed by atoms with E-state index in [-0.39, 0.29) is 17.7 Å². The molecule has 98 valence electrons. The van der Waals surface area contributed by atoms with E-state index in [4.69, 9.17) is 5.11 Å². The third-order valence-corrected chi connectivity index (χ3v) is 2.63. The molecule has 2 rings (SSSR count). The van der Waals surface area contributed by atoms with Crippen LogP contribution in [0.4, 0.5) is 4.39 Å². The molecular weight excluding hydrogens is 251 g/mol. The van der Waals surface area contributed by atoms with Crippen LogP contribution in [-0.4, -0.2) is 20.9 Å². The topological polar surface area (TPSA) is 72.2 Å². The second-order valence-electron chi connectivity index (χ2n) is 4.05. The van der Waals surface area contributed by atoms with Crippen molar-refractivity contribution >= 4 is 5.97 Å². The van der Waals surface area contributed by atoms with Crippen molar-refractivity contribution in [2.45, 2.75) is 13.5 Å². The summed E-state index contributed by atoms with van der Waals surface area (Å²) < 4.78 is 15.0. The van der Waals surface area contributed by atoms with Crippen molar-refractivity contribution in [3.8, 4) is 0 Å². The Balaban J connectivity index is 2.44. The molecule has 1 aromatic heterocycles. The number of aryl methyl sites for hydroxylation is 1. The van der Waals surface area contributed by atoms with Gasteiger partial charge >= 0.3 is 5.97 Å². The summed E-state index contributed by atoms with van der Waals surface area (Å²) in [5.41, 5.74) is -0.0570. The minimum absolute atomic E-state index is 0.104. The Morgan fingerprint density at radius 3 is 2.79 bits per heavy atom. The van der Waals surface area contributed by atoms with E-state index in [1.54, 1.807) is 13.0 Å². The van der Waals surface area contributed by atoms with Crippen molar-refractivity contribution in [3.05, 3.63) is 63.3 Å². The van der Waals surface area contributed by atoms with Gasteiger partial charge in [0, 0.05) is 11.6 Å². The maximum atomic E-state index is 13.9. The zero-order valence-corrected chi connectivity index (χ0v) is 10.1. The molecule has 19 heavy (non-hydrogen) atoms. The lowest BCUT2D eigenvalue weighted by Gasteiger charge is -2.07. The van der Waals surface area contributed by atoms with Crippen LogP contribution in [-0.2, 0) is 6.54 Å². The van der Waals surface area contributed by atoms with Crippen molar-refractivity contribution < 1.29 is 14.3 Å². The van der Waals surface area contributed by atoms with E-state index in [1.807, 2.05) is 0 Å². The van der Waals surface area contributed by atoms with Crippen molar-refractivity contribution in [2.75, 3.05) is 0 Å². The second-order valence-corrected chi connectivity index (χ2v) is 4.05. The predicted molar refractivity (Wildman–Crippen MR) is 65.7 cm³/mol. The molecule has 0 radical (unpaired) electrons. The van der Waals surface area contributed by atoms with Crippen molar-refractivity contribution in [2.24, 2.45) is 0 Å². The van der Waals surface area contributed by atoms with E-state index in [0.29, 0.717) is 5.69 Å². The first-order chi connectivity index (χ1) is 8.99. The molecule has 0 aliphatic carbocycles. The van der Waals surface area contributed by atoms with Gasteiger partial charge in [-0.3, -0.25) is 4.79 Å². The van der Waals surface area contributed by atoms with Crippen molar-refractivity contribution in [3.63, 3.8) is 0 Å². The molecule has 1 N–H and O–H groups in total. The fraction of sp³-hybridized carbons (Fsp3) is 0.154. The molecule has 0 spiro atoms. The summed E-state index contributed by atoms with van der Waals surface area (Å²) in [4.78, 5) is 22.4. The molecule has 0 saturated carbocycles. The van der Waals surface area contributed by atoms with Gasteiger partial charge in [-0.05, 0) is 19.1 Å². The van der Waals surface area contributed by atoms with E-state index in [1.165, 1.54) is 24.3 Å². The standard InChI is InChI=1S/C13H11FN2O3/c1-8-5-6-11(17)16(15-8)7-9-3-2-4-10(12(9)14)13(18)19/h2-6H,7H2,1H3,(H,18,19). The van der Waals surface area contributed by atoms with Crippen molar-refractivity contribution in [1.82, 2.24) is 9.78 Å². The fourth-order valence-electron chi connectivity index (χ4n) is 1.69. The number of carboxylic acids is 1. The quantitative estimate of drug-likeness (QED) is 0.908. The molecule has 0 atom stereocenters. The Labute approximate surface area is 107 Å². The van der Waals surface area contributed by atoms with Crippen LogP contribution in [0.1, 0.15) is 21.6 Å². The van der Waals surface area contributed by atoms with Crippen LogP contribution in [0.3, 0.4) is 0 Å². The molecule has 0 unspecified atom stereocenters. The minimum Gasteiger partial charge on any atom is -0.478 e. The van der Waals surface area contributed by atoms with Gasteiger partial charge in [0.05, 0.1) is 17.8 Å².